The van der Waals surface area contributed by atoms with Crippen molar-refractivity contribution in [3.63, 3.8) is 0 Å². The normalized spacial score (nSPS) is 10.3. The predicted octanol–water partition coefficient (Wildman–Crippen LogP) is 2.60. The SMILES string of the molecule is [CH2]c1ccc(C(=O)CC(=O)N(C)NCc2ccccc2)cc1. The van der Waals surface area contributed by atoms with Gasteiger partial charge in [-0.15, -0.1) is 0 Å². The Morgan fingerprint density at radius 3 is 2.32 bits per heavy atom. The average Bonchev–Trinajstić information content (AvgIpc) is 2.54. The van der Waals surface area contributed by atoms with Gasteiger partial charge in [-0.25, -0.2) is 5.43 Å². The van der Waals surface area contributed by atoms with Crippen LogP contribution in [0.2, 0.25) is 0 Å². The maximum atomic E-state index is 12.0. The molecule has 2 aromatic rings. The van der Waals surface area contributed by atoms with Gasteiger partial charge in [0.05, 0.1) is 6.42 Å². The molecule has 0 fully saturated rings. The Bertz CT molecular complexity index is 636. The highest BCUT2D eigenvalue weighted by atomic mass is 16.2. The number of Topliss-reactive ketones (excluding diaryl/α,β-unsaturated/α-hetero) is 1. The summed E-state index contributed by atoms with van der Waals surface area (Å²) >= 11 is 0. The van der Waals surface area contributed by atoms with E-state index in [2.05, 4.69) is 12.3 Å². The van der Waals surface area contributed by atoms with Crippen LogP contribution in [0.3, 0.4) is 0 Å². The van der Waals surface area contributed by atoms with Gasteiger partial charge >= 0.3 is 0 Å². The van der Waals surface area contributed by atoms with Crippen LogP contribution in [0.1, 0.15) is 27.9 Å². The summed E-state index contributed by atoms with van der Waals surface area (Å²) in [5.74, 6) is -0.460. The molecule has 0 aliphatic heterocycles. The summed E-state index contributed by atoms with van der Waals surface area (Å²) in [4.78, 5) is 24.1. The summed E-state index contributed by atoms with van der Waals surface area (Å²) in [5.41, 5.74) is 5.42. The second kappa shape index (κ2) is 7.52. The lowest BCUT2D eigenvalue weighted by Crippen LogP contribution is -2.39. The van der Waals surface area contributed by atoms with Crippen LogP contribution in [-0.4, -0.2) is 23.7 Å². The largest absolute Gasteiger partial charge is 0.294 e. The molecule has 4 heteroatoms. The first kappa shape index (κ1) is 15.9. The van der Waals surface area contributed by atoms with Gasteiger partial charge in [0.15, 0.2) is 5.78 Å². The van der Waals surface area contributed by atoms with Crippen LogP contribution in [0.5, 0.6) is 0 Å². The second-order valence-corrected chi connectivity index (χ2v) is 5.07. The minimum absolute atomic E-state index is 0.158. The molecule has 0 saturated carbocycles. The zero-order valence-electron chi connectivity index (χ0n) is 12.6. The van der Waals surface area contributed by atoms with Crippen molar-refractivity contribution in [3.05, 3.63) is 78.2 Å². The Labute approximate surface area is 130 Å². The molecule has 0 unspecified atom stereocenters. The molecule has 0 spiro atoms. The van der Waals surface area contributed by atoms with Crippen molar-refractivity contribution in [2.45, 2.75) is 13.0 Å². The predicted molar refractivity (Wildman–Crippen MR) is 85.9 cm³/mol. The summed E-state index contributed by atoms with van der Waals surface area (Å²) in [5, 5.41) is 1.36. The molecule has 113 valence electrons. The Balaban J connectivity index is 1.85. The van der Waals surface area contributed by atoms with Gasteiger partial charge in [0.25, 0.3) is 0 Å². The van der Waals surface area contributed by atoms with Gasteiger partial charge in [-0.2, -0.15) is 0 Å². The van der Waals surface area contributed by atoms with E-state index in [4.69, 9.17) is 0 Å². The van der Waals surface area contributed by atoms with E-state index in [0.29, 0.717) is 12.1 Å². The minimum atomic E-state index is -0.264. The van der Waals surface area contributed by atoms with Crippen molar-refractivity contribution in [3.8, 4) is 0 Å². The Morgan fingerprint density at radius 2 is 1.68 bits per heavy atom. The number of hydrogen-bond donors (Lipinski definition) is 1. The smallest absolute Gasteiger partial charge is 0.244 e. The van der Waals surface area contributed by atoms with Gasteiger partial charge in [-0.1, -0.05) is 54.6 Å². The minimum Gasteiger partial charge on any atom is -0.294 e. The molecule has 0 aliphatic rings. The highest BCUT2D eigenvalue weighted by Gasteiger charge is 2.15. The van der Waals surface area contributed by atoms with Crippen LogP contribution in [0.4, 0.5) is 0 Å². The maximum Gasteiger partial charge on any atom is 0.244 e. The van der Waals surface area contributed by atoms with E-state index in [-0.39, 0.29) is 18.1 Å². The third-order valence-electron chi connectivity index (χ3n) is 3.32. The summed E-state index contributed by atoms with van der Waals surface area (Å²) in [6.07, 6.45) is -0.158. The monoisotopic (exact) mass is 295 g/mol. The zero-order chi connectivity index (χ0) is 15.9. The first-order chi connectivity index (χ1) is 10.6. The van der Waals surface area contributed by atoms with Gasteiger partial charge in [-0.05, 0) is 18.1 Å². The fourth-order valence-electron chi connectivity index (χ4n) is 1.94. The van der Waals surface area contributed by atoms with E-state index in [1.807, 2.05) is 30.3 Å². The topological polar surface area (TPSA) is 49.4 Å². The first-order valence-electron chi connectivity index (χ1n) is 7.05. The number of benzene rings is 2. The standard InChI is InChI=1S/C18H19N2O2/c1-14-8-10-16(11-9-14)17(21)12-18(22)20(2)19-13-15-6-4-3-5-7-15/h3-11,19H,1,12-13H2,2H3. The molecule has 22 heavy (non-hydrogen) atoms. The number of ketones is 1. The second-order valence-electron chi connectivity index (χ2n) is 5.07. The van der Waals surface area contributed by atoms with E-state index in [1.165, 1.54) is 5.01 Å². The molecule has 0 aromatic heterocycles. The molecule has 1 N–H and O–H groups in total. The summed E-state index contributed by atoms with van der Waals surface area (Å²) in [7, 11) is 1.62. The molecular weight excluding hydrogens is 276 g/mol. The Morgan fingerprint density at radius 1 is 1.05 bits per heavy atom. The highest BCUT2D eigenvalue weighted by Crippen LogP contribution is 2.07. The molecule has 1 amide bonds. The molecule has 0 saturated heterocycles. The molecular formula is C18H19N2O2. The van der Waals surface area contributed by atoms with Crippen molar-refractivity contribution in [1.82, 2.24) is 10.4 Å². The van der Waals surface area contributed by atoms with E-state index >= 15 is 0 Å². The number of hydrazine groups is 1. The molecule has 0 heterocycles. The molecule has 2 aromatic carbocycles. The van der Waals surface area contributed by atoms with Crippen molar-refractivity contribution in [2.75, 3.05) is 7.05 Å². The molecule has 0 aliphatic carbocycles. The van der Waals surface area contributed by atoms with Crippen molar-refractivity contribution in [2.24, 2.45) is 0 Å². The Hall–Kier alpha value is -2.46. The summed E-state index contributed by atoms with van der Waals surface area (Å²) in [6.45, 7) is 4.30. The van der Waals surface area contributed by atoms with Gasteiger partial charge in [0.1, 0.15) is 0 Å². The molecule has 2 rings (SSSR count). The molecule has 0 bridgehead atoms. The Kier molecular flexibility index (Phi) is 5.44. The van der Waals surface area contributed by atoms with Crippen molar-refractivity contribution in [1.29, 1.82) is 0 Å². The van der Waals surface area contributed by atoms with Gasteiger partial charge in [-0.3, -0.25) is 14.6 Å². The van der Waals surface area contributed by atoms with Crippen LogP contribution in [-0.2, 0) is 11.3 Å². The fraction of sp³-hybridized carbons (Fsp3) is 0.167. The van der Waals surface area contributed by atoms with Crippen LogP contribution in [0, 0.1) is 6.92 Å². The van der Waals surface area contributed by atoms with Crippen LogP contribution in [0.15, 0.2) is 54.6 Å². The van der Waals surface area contributed by atoms with Crippen LogP contribution >= 0.6 is 0 Å². The number of nitrogens with zero attached hydrogens (tertiary/aromatic N) is 1. The van der Waals surface area contributed by atoms with E-state index in [1.54, 1.807) is 31.3 Å². The van der Waals surface area contributed by atoms with E-state index in [9.17, 15) is 9.59 Å². The summed E-state index contributed by atoms with van der Waals surface area (Å²) < 4.78 is 0. The number of hydrogen-bond acceptors (Lipinski definition) is 3. The first-order valence-corrected chi connectivity index (χ1v) is 7.05. The average molecular weight is 295 g/mol. The molecule has 0 atom stereocenters. The van der Waals surface area contributed by atoms with E-state index < -0.39 is 0 Å². The number of carbonyl (C=O) groups excluding carboxylic acids is 2. The lowest BCUT2D eigenvalue weighted by Gasteiger charge is -2.18. The number of nitrogens with one attached hydrogen (secondary N) is 1. The fourth-order valence-corrected chi connectivity index (χ4v) is 1.94. The van der Waals surface area contributed by atoms with Gasteiger partial charge < -0.3 is 0 Å². The van der Waals surface area contributed by atoms with Crippen molar-refractivity contribution >= 4 is 11.7 Å². The highest BCUT2D eigenvalue weighted by molar-refractivity contribution is 6.07. The lowest BCUT2D eigenvalue weighted by molar-refractivity contribution is -0.131. The number of amides is 1. The van der Waals surface area contributed by atoms with Gasteiger partial charge in [0, 0.05) is 19.2 Å². The summed E-state index contributed by atoms with van der Waals surface area (Å²) in [6, 6.07) is 16.7. The third-order valence-corrected chi connectivity index (χ3v) is 3.32. The maximum absolute atomic E-state index is 12.0. The quantitative estimate of drug-likeness (QED) is 0.506. The van der Waals surface area contributed by atoms with Crippen molar-refractivity contribution < 1.29 is 9.59 Å². The lowest BCUT2D eigenvalue weighted by atomic mass is 10.1. The van der Waals surface area contributed by atoms with E-state index in [0.717, 1.165) is 11.1 Å². The molecule has 1 radical (unpaired) electrons. The third kappa shape index (κ3) is 4.53. The zero-order valence-corrected chi connectivity index (χ0v) is 12.6. The van der Waals surface area contributed by atoms with Gasteiger partial charge in [0.2, 0.25) is 5.91 Å². The number of carbonyl (C=O) groups is 2. The molecule has 4 nitrogen and oxygen atoms in total. The van der Waals surface area contributed by atoms with Crippen LogP contribution < -0.4 is 5.43 Å². The number of rotatable bonds is 6. The van der Waals surface area contributed by atoms with Crippen LogP contribution in [0.25, 0.3) is 0 Å².